The third-order valence-corrected chi connectivity index (χ3v) is 4.13. The first-order valence-electron chi connectivity index (χ1n) is 7.20. The zero-order valence-electron chi connectivity index (χ0n) is 12.5. The van der Waals surface area contributed by atoms with Crippen molar-refractivity contribution in [3.05, 3.63) is 63.8 Å². The van der Waals surface area contributed by atoms with E-state index in [0.717, 1.165) is 11.1 Å². The van der Waals surface area contributed by atoms with E-state index in [0.29, 0.717) is 12.1 Å². The number of aromatic nitrogens is 1. The molecular formula is C17H17FN2O2. The van der Waals surface area contributed by atoms with Gasteiger partial charge >= 0.3 is 0 Å². The molecule has 0 aliphatic heterocycles. The fourth-order valence-corrected chi connectivity index (χ4v) is 2.68. The highest BCUT2D eigenvalue weighted by atomic mass is 19.1. The summed E-state index contributed by atoms with van der Waals surface area (Å²) in [6.07, 6.45) is 2.35. The molecule has 2 atom stereocenters. The van der Waals surface area contributed by atoms with E-state index in [4.69, 9.17) is 0 Å². The summed E-state index contributed by atoms with van der Waals surface area (Å²) in [7, 11) is 1.64. The van der Waals surface area contributed by atoms with Crippen molar-refractivity contribution in [3.8, 4) is 0 Å². The van der Waals surface area contributed by atoms with Crippen molar-refractivity contribution >= 4 is 11.6 Å². The van der Waals surface area contributed by atoms with E-state index in [-0.39, 0.29) is 29.1 Å². The van der Waals surface area contributed by atoms with Gasteiger partial charge in [-0.25, -0.2) is 4.39 Å². The van der Waals surface area contributed by atoms with E-state index in [1.165, 1.54) is 16.7 Å². The molecule has 0 unspecified atom stereocenters. The molecule has 3 rings (SSSR count). The van der Waals surface area contributed by atoms with E-state index in [2.05, 4.69) is 5.32 Å². The van der Waals surface area contributed by atoms with Crippen LogP contribution in [0, 0.1) is 18.7 Å². The zero-order chi connectivity index (χ0) is 15.9. The summed E-state index contributed by atoms with van der Waals surface area (Å²) in [5.41, 5.74) is 1.66. The third kappa shape index (κ3) is 2.66. The lowest BCUT2D eigenvalue weighted by molar-refractivity contribution is -0.117. The lowest BCUT2D eigenvalue weighted by Gasteiger charge is -2.09. The van der Waals surface area contributed by atoms with E-state index >= 15 is 0 Å². The molecule has 1 heterocycles. The molecule has 1 aromatic heterocycles. The van der Waals surface area contributed by atoms with Gasteiger partial charge in [0.15, 0.2) is 0 Å². The topological polar surface area (TPSA) is 51.1 Å². The van der Waals surface area contributed by atoms with Crippen LogP contribution < -0.4 is 10.9 Å². The van der Waals surface area contributed by atoms with Gasteiger partial charge in [-0.2, -0.15) is 0 Å². The van der Waals surface area contributed by atoms with Crippen molar-refractivity contribution in [2.75, 3.05) is 5.32 Å². The Morgan fingerprint density at radius 2 is 2.14 bits per heavy atom. The molecule has 0 saturated heterocycles. The smallest absolute Gasteiger partial charge is 0.274 e. The summed E-state index contributed by atoms with van der Waals surface area (Å²) in [6.45, 7) is 1.79. The normalized spacial score (nSPS) is 19.8. The number of anilines is 1. The molecule has 1 saturated carbocycles. The highest BCUT2D eigenvalue weighted by Gasteiger charge is 2.44. The maximum absolute atomic E-state index is 13.2. The van der Waals surface area contributed by atoms with Crippen LogP contribution in [0.1, 0.15) is 23.5 Å². The SMILES string of the molecule is Cc1ccn(C)c(=O)c1NC(=O)[C@H]1C[C@@H]1c1cccc(F)c1. The molecule has 1 fully saturated rings. The van der Waals surface area contributed by atoms with Gasteiger partial charge in [-0.05, 0) is 48.6 Å². The number of hydrogen-bond donors (Lipinski definition) is 1. The van der Waals surface area contributed by atoms with E-state index < -0.39 is 0 Å². The summed E-state index contributed by atoms with van der Waals surface area (Å²) in [6, 6.07) is 8.11. The first-order valence-corrected chi connectivity index (χ1v) is 7.20. The number of aryl methyl sites for hydroxylation is 2. The van der Waals surface area contributed by atoms with Gasteiger partial charge in [-0.3, -0.25) is 9.59 Å². The van der Waals surface area contributed by atoms with Gasteiger partial charge in [0.05, 0.1) is 0 Å². The predicted octanol–water partition coefficient (Wildman–Crippen LogP) is 2.58. The molecule has 5 heteroatoms. The molecule has 4 nitrogen and oxygen atoms in total. The van der Waals surface area contributed by atoms with Crippen molar-refractivity contribution in [3.63, 3.8) is 0 Å². The number of halogens is 1. The summed E-state index contributed by atoms with van der Waals surface area (Å²) < 4.78 is 14.7. The van der Waals surface area contributed by atoms with Gasteiger partial charge in [0.25, 0.3) is 5.56 Å². The van der Waals surface area contributed by atoms with E-state index in [9.17, 15) is 14.0 Å². The Morgan fingerprint density at radius 3 is 2.86 bits per heavy atom. The average molecular weight is 300 g/mol. The predicted molar refractivity (Wildman–Crippen MR) is 82.3 cm³/mol. The third-order valence-electron chi connectivity index (χ3n) is 4.13. The molecule has 2 aromatic rings. The second kappa shape index (κ2) is 5.40. The summed E-state index contributed by atoms with van der Waals surface area (Å²) in [5, 5.41) is 2.73. The number of nitrogens with one attached hydrogen (secondary N) is 1. The summed E-state index contributed by atoms with van der Waals surface area (Å²) in [4.78, 5) is 24.4. The van der Waals surface area contributed by atoms with E-state index in [1.807, 2.05) is 6.07 Å². The molecule has 1 aromatic carbocycles. The second-order valence-corrected chi connectivity index (χ2v) is 5.78. The van der Waals surface area contributed by atoms with Crippen LogP contribution in [0.15, 0.2) is 41.3 Å². The van der Waals surface area contributed by atoms with Crippen LogP contribution in [0.5, 0.6) is 0 Å². The minimum absolute atomic E-state index is 0.0311. The van der Waals surface area contributed by atoms with E-state index in [1.54, 1.807) is 32.3 Å². The number of nitrogens with zero attached hydrogens (tertiary/aromatic N) is 1. The maximum atomic E-state index is 13.2. The van der Waals surface area contributed by atoms with Crippen molar-refractivity contribution in [1.29, 1.82) is 0 Å². The Kier molecular flexibility index (Phi) is 3.56. The van der Waals surface area contributed by atoms with Crippen LogP contribution in [0.2, 0.25) is 0 Å². The summed E-state index contributed by atoms with van der Waals surface area (Å²) in [5.74, 6) is -0.647. The number of amides is 1. The lowest BCUT2D eigenvalue weighted by Crippen LogP contribution is -2.26. The Morgan fingerprint density at radius 1 is 1.36 bits per heavy atom. The average Bonchev–Trinajstić information content (AvgIpc) is 3.28. The largest absolute Gasteiger partial charge is 0.321 e. The van der Waals surface area contributed by atoms with Gasteiger partial charge < -0.3 is 9.88 Å². The molecule has 0 spiro atoms. The molecule has 22 heavy (non-hydrogen) atoms. The maximum Gasteiger partial charge on any atom is 0.274 e. The van der Waals surface area contributed by atoms with Gasteiger partial charge in [-0.15, -0.1) is 0 Å². The summed E-state index contributed by atoms with van der Waals surface area (Å²) >= 11 is 0. The van der Waals surface area contributed by atoms with Gasteiger partial charge in [-0.1, -0.05) is 12.1 Å². The first-order chi connectivity index (χ1) is 10.5. The van der Waals surface area contributed by atoms with Crippen LogP contribution in [-0.2, 0) is 11.8 Å². The minimum Gasteiger partial charge on any atom is -0.321 e. The number of pyridine rings is 1. The molecule has 1 aliphatic carbocycles. The van der Waals surface area contributed by atoms with Gasteiger partial charge in [0.1, 0.15) is 11.5 Å². The standard InChI is InChI=1S/C17H17FN2O2/c1-10-6-7-20(2)17(22)15(10)19-16(21)14-9-13(14)11-4-3-5-12(18)8-11/h3-8,13-14H,9H2,1-2H3,(H,19,21)/t13-,14+/m1/s1. The number of hydrogen-bond acceptors (Lipinski definition) is 2. The minimum atomic E-state index is -0.295. The van der Waals surface area contributed by atoms with Crippen LogP contribution in [0.4, 0.5) is 10.1 Å². The van der Waals surface area contributed by atoms with Crippen molar-refractivity contribution in [1.82, 2.24) is 4.57 Å². The molecule has 114 valence electrons. The van der Waals surface area contributed by atoms with Crippen molar-refractivity contribution < 1.29 is 9.18 Å². The van der Waals surface area contributed by atoms with Gasteiger partial charge in [0.2, 0.25) is 5.91 Å². The monoisotopic (exact) mass is 300 g/mol. The number of carbonyl (C=O) groups is 1. The highest BCUT2D eigenvalue weighted by molar-refractivity contribution is 5.95. The van der Waals surface area contributed by atoms with Crippen LogP contribution in [0.25, 0.3) is 0 Å². The fraction of sp³-hybridized carbons (Fsp3) is 0.294. The first kappa shape index (κ1) is 14.5. The molecule has 0 bridgehead atoms. The number of carbonyl (C=O) groups excluding carboxylic acids is 1. The highest BCUT2D eigenvalue weighted by Crippen LogP contribution is 2.48. The number of benzene rings is 1. The molecule has 1 aliphatic rings. The molecule has 1 amide bonds. The zero-order valence-corrected chi connectivity index (χ0v) is 12.5. The van der Waals surface area contributed by atoms with Gasteiger partial charge in [0, 0.05) is 19.2 Å². The molecule has 1 N–H and O–H groups in total. The Balaban J connectivity index is 1.75. The quantitative estimate of drug-likeness (QED) is 0.947. The molecular weight excluding hydrogens is 283 g/mol. The van der Waals surface area contributed by atoms with Crippen LogP contribution >= 0.6 is 0 Å². The van der Waals surface area contributed by atoms with Crippen LogP contribution in [0.3, 0.4) is 0 Å². The van der Waals surface area contributed by atoms with Crippen molar-refractivity contribution in [2.45, 2.75) is 19.3 Å². The lowest BCUT2D eigenvalue weighted by atomic mass is 10.1. The Labute approximate surface area is 127 Å². The Hall–Kier alpha value is -2.43. The second-order valence-electron chi connectivity index (χ2n) is 5.78. The molecule has 0 radical (unpaired) electrons. The van der Waals surface area contributed by atoms with Crippen LogP contribution in [-0.4, -0.2) is 10.5 Å². The number of rotatable bonds is 3. The fourth-order valence-electron chi connectivity index (χ4n) is 2.68. The van der Waals surface area contributed by atoms with Crippen molar-refractivity contribution in [2.24, 2.45) is 13.0 Å². The Bertz CT molecular complexity index is 797.